The number of benzene rings is 1. The normalized spacial score (nSPS) is 12.6. The maximum atomic E-state index is 11.5. The molecule has 0 aliphatic rings. The first-order valence-corrected chi connectivity index (χ1v) is 5.01. The average molecular weight is 219 g/mol. The molecule has 0 radical (unpaired) electrons. The van der Waals surface area contributed by atoms with Crippen molar-refractivity contribution in [3.63, 3.8) is 0 Å². The Morgan fingerprint density at radius 3 is 3.00 bits per heavy atom. The standard InChI is InChI=1S/C10H13N5O/c1-6(11)4-10(16)12-7-2-3-8-9(5-7)14-15-13-8/h2-3,5-6H,4,11H2,1H3,(H,12,16)(H,13,14,15). The van der Waals surface area contributed by atoms with Crippen molar-refractivity contribution in [2.75, 3.05) is 5.32 Å². The predicted octanol–water partition coefficient (Wildman–Crippen LogP) is 0.634. The Morgan fingerprint density at radius 2 is 2.25 bits per heavy atom. The molecule has 0 saturated carbocycles. The number of hydrogen-bond acceptors (Lipinski definition) is 4. The van der Waals surface area contributed by atoms with E-state index in [1.165, 1.54) is 0 Å². The maximum absolute atomic E-state index is 11.5. The molecule has 1 aromatic heterocycles. The number of carbonyl (C=O) groups is 1. The number of carbonyl (C=O) groups excluding carboxylic acids is 1. The number of aromatic nitrogens is 3. The van der Waals surface area contributed by atoms with Gasteiger partial charge in [0.1, 0.15) is 11.0 Å². The van der Waals surface area contributed by atoms with E-state index in [1.54, 1.807) is 25.1 Å². The summed E-state index contributed by atoms with van der Waals surface area (Å²) in [5.74, 6) is -0.0992. The summed E-state index contributed by atoms with van der Waals surface area (Å²) in [6.07, 6.45) is 0.302. The van der Waals surface area contributed by atoms with Gasteiger partial charge in [-0.1, -0.05) is 0 Å². The average Bonchev–Trinajstić information content (AvgIpc) is 2.63. The number of H-pyrrole nitrogens is 1. The van der Waals surface area contributed by atoms with Crippen molar-refractivity contribution in [1.82, 2.24) is 15.4 Å². The molecule has 0 fully saturated rings. The zero-order valence-electron chi connectivity index (χ0n) is 8.90. The van der Waals surface area contributed by atoms with Crippen molar-refractivity contribution in [3.05, 3.63) is 18.2 Å². The van der Waals surface area contributed by atoms with E-state index in [-0.39, 0.29) is 11.9 Å². The second-order valence-corrected chi connectivity index (χ2v) is 3.76. The lowest BCUT2D eigenvalue weighted by Crippen LogP contribution is -2.23. The highest BCUT2D eigenvalue weighted by molar-refractivity contribution is 5.93. The molecule has 1 atom stereocenters. The van der Waals surface area contributed by atoms with Gasteiger partial charge in [-0.15, -0.1) is 0 Å². The highest BCUT2D eigenvalue weighted by Crippen LogP contribution is 2.14. The predicted molar refractivity (Wildman–Crippen MR) is 60.8 cm³/mol. The number of nitrogens with one attached hydrogen (secondary N) is 2. The van der Waals surface area contributed by atoms with Crippen molar-refractivity contribution < 1.29 is 4.79 Å². The lowest BCUT2D eigenvalue weighted by atomic mass is 10.2. The van der Waals surface area contributed by atoms with E-state index in [0.29, 0.717) is 12.1 Å². The number of amides is 1. The molecule has 1 aromatic carbocycles. The minimum Gasteiger partial charge on any atom is -0.327 e. The summed E-state index contributed by atoms with van der Waals surface area (Å²) in [7, 11) is 0. The molecular formula is C10H13N5O. The molecule has 0 bridgehead atoms. The molecule has 0 spiro atoms. The summed E-state index contributed by atoms with van der Waals surface area (Å²) in [5.41, 5.74) is 7.72. The third-order valence-corrected chi connectivity index (χ3v) is 2.11. The van der Waals surface area contributed by atoms with Crippen LogP contribution in [0, 0.1) is 0 Å². The van der Waals surface area contributed by atoms with Gasteiger partial charge < -0.3 is 11.1 Å². The van der Waals surface area contributed by atoms with E-state index >= 15 is 0 Å². The fraction of sp³-hybridized carbons (Fsp3) is 0.300. The summed E-state index contributed by atoms with van der Waals surface area (Å²) >= 11 is 0. The van der Waals surface area contributed by atoms with E-state index < -0.39 is 0 Å². The molecule has 6 nitrogen and oxygen atoms in total. The van der Waals surface area contributed by atoms with Crippen LogP contribution < -0.4 is 11.1 Å². The number of hydrogen-bond donors (Lipinski definition) is 3. The van der Waals surface area contributed by atoms with Crippen molar-refractivity contribution in [1.29, 1.82) is 0 Å². The van der Waals surface area contributed by atoms with Gasteiger partial charge in [-0.05, 0) is 25.1 Å². The maximum Gasteiger partial charge on any atom is 0.225 e. The van der Waals surface area contributed by atoms with Gasteiger partial charge in [0.2, 0.25) is 5.91 Å². The Kier molecular flexibility index (Phi) is 2.82. The Labute approximate surface area is 92.2 Å². The van der Waals surface area contributed by atoms with Gasteiger partial charge in [0.15, 0.2) is 0 Å². The third kappa shape index (κ3) is 2.34. The molecule has 2 rings (SSSR count). The van der Waals surface area contributed by atoms with Gasteiger partial charge in [-0.3, -0.25) is 4.79 Å². The van der Waals surface area contributed by atoms with Gasteiger partial charge in [-0.2, -0.15) is 15.4 Å². The zero-order chi connectivity index (χ0) is 11.5. The van der Waals surface area contributed by atoms with Crippen LogP contribution in [0.15, 0.2) is 18.2 Å². The number of nitrogens with two attached hydrogens (primary N) is 1. The van der Waals surface area contributed by atoms with Gasteiger partial charge in [-0.25, -0.2) is 0 Å². The molecule has 1 unspecified atom stereocenters. The van der Waals surface area contributed by atoms with Crippen LogP contribution >= 0.6 is 0 Å². The van der Waals surface area contributed by atoms with Crippen LogP contribution in [0.5, 0.6) is 0 Å². The van der Waals surface area contributed by atoms with Crippen LogP contribution in [0.2, 0.25) is 0 Å². The fourth-order valence-electron chi connectivity index (χ4n) is 1.42. The van der Waals surface area contributed by atoms with Crippen molar-refractivity contribution in [2.24, 2.45) is 5.73 Å². The summed E-state index contributed by atoms with van der Waals surface area (Å²) < 4.78 is 0. The van der Waals surface area contributed by atoms with E-state index in [9.17, 15) is 4.79 Å². The van der Waals surface area contributed by atoms with Crippen LogP contribution in [-0.2, 0) is 4.79 Å². The van der Waals surface area contributed by atoms with Gasteiger partial charge in [0, 0.05) is 18.2 Å². The van der Waals surface area contributed by atoms with Crippen molar-refractivity contribution >= 4 is 22.6 Å². The summed E-state index contributed by atoms with van der Waals surface area (Å²) in [4.78, 5) is 11.5. The van der Waals surface area contributed by atoms with Crippen LogP contribution in [0.4, 0.5) is 5.69 Å². The summed E-state index contributed by atoms with van der Waals surface area (Å²) in [6, 6.07) is 5.19. The van der Waals surface area contributed by atoms with E-state index in [2.05, 4.69) is 20.7 Å². The molecule has 0 aliphatic heterocycles. The minimum atomic E-state index is -0.143. The van der Waals surface area contributed by atoms with Gasteiger partial charge in [0.25, 0.3) is 0 Å². The largest absolute Gasteiger partial charge is 0.327 e. The molecule has 4 N–H and O–H groups in total. The number of rotatable bonds is 3. The lowest BCUT2D eigenvalue weighted by Gasteiger charge is -2.06. The SMILES string of the molecule is CC(N)CC(=O)Nc1ccc2n[nH]nc2c1. The third-order valence-electron chi connectivity index (χ3n) is 2.11. The molecule has 1 amide bonds. The quantitative estimate of drug-likeness (QED) is 0.705. The van der Waals surface area contributed by atoms with Crippen LogP contribution in [-0.4, -0.2) is 27.4 Å². The molecule has 6 heteroatoms. The molecule has 2 aromatic rings. The number of anilines is 1. The monoisotopic (exact) mass is 219 g/mol. The number of fused-ring (bicyclic) bond motifs is 1. The Balaban J connectivity index is 2.11. The minimum absolute atomic E-state index is 0.0992. The van der Waals surface area contributed by atoms with Crippen molar-refractivity contribution in [2.45, 2.75) is 19.4 Å². The van der Waals surface area contributed by atoms with Gasteiger partial charge in [0.05, 0.1) is 0 Å². The highest BCUT2D eigenvalue weighted by Gasteiger charge is 2.06. The highest BCUT2D eigenvalue weighted by atomic mass is 16.1. The number of aromatic amines is 1. The number of nitrogens with zero attached hydrogens (tertiary/aromatic N) is 2. The van der Waals surface area contributed by atoms with Gasteiger partial charge >= 0.3 is 0 Å². The van der Waals surface area contributed by atoms with Crippen LogP contribution in [0.3, 0.4) is 0 Å². The Hall–Kier alpha value is -1.95. The molecule has 0 aliphatic carbocycles. The zero-order valence-corrected chi connectivity index (χ0v) is 8.90. The molecule has 0 saturated heterocycles. The molecule has 84 valence electrons. The van der Waals surface area contributed by atoms with Crippen LogP contribution in [0.1, 0.15) is 13.3 Å². The molecule has 1 heterocycles. The summed E-state index contributed by atoms with van der Waals surface area (Å²) in [6.45, 7) is 1.79. The fourth-order valence-corrected chi connectivity index (χ4v) is 1.42. The summed E-state index contributed by atoms with van der Waals surface area (Å²) in [5, 5.41) is 13.1. The molecule has 16 heavy (non-hydrogen) atoms. The van der Waals surface area contributed by atoms with Crippen molar-refractivity contribution in [3.8, 4) is 0 Å². The van der Waals surface area contributed by atoms with E-state index in [0.717, 1.165) is 11.0 Å². The second-order valence-electron chi connectivity index (χ2n) is 3.76. The van der Waals surface area contributed by atoms with E-state index in [4.69, 9.17) is 5.73 Å². The Bertz CT molecular complexity index is 505. The first kappa shape index (κ1) is 10.6. The first-order chi connectivity index (χ1) is 7.65. The first-order valence-electron chi connectivity index (χ1n) is 5.01. The Morgan fingerprint density at radius 1 is 1.50 bits per heavy atom. The topological polar surface area (TPSA) is 96.7 Å². The van der Waals surface area contributed by atoms with Crippen LogP contribution in [0.25, 0.3) is 11.0 Å². The molecular weight excluding hydrogens is 206 g/mol. The second kappa shape index (κ2) is 4.28. The lowest BCUT2D eigenvalue weighted by molar-refractivity contribution is -0.116. The van der Waals surface area contributed by atoms with E-state index in [1.807, 2.05) is 0 Å². The smallest absolute Gasteiger partial charge is 0.225 e.